The van der Waals surface area contributed by atoms with Crippen LogP contribution in [0, 0.1) is 5.92 Å². The van der Waals surface area contributed by atoms with Crippen molar-refractivity contribution in [3.8, 4) is 0 Å². The topological polar surface area (TPSA) is 0 Å². The lowest BCUT2D eigenvalue weighted by atomic mass is 9.92. The predicted octanol–water partition coefficient (Wildman–Crippen LogP) is 3.50. The van der Waals surface area contributed by atoms with Gasteiger partial charge in [-0.1, -0.05) is 58.5 Å². The second kappa shape index (κ2) is 4.10. The molecule has 0 saturated heterocycles. The van der Waals surface area contributed by atoms with Gasteiger partial charge in [-0.3, -0.25) is 0 Å². The third-order valence-electron chi connectivity index (χ3n) is 1.98. The summed E-state index contributed by atoms with van der Waals surface area (Å²) in [7, 11) is 0. The summed E-state index contributed by atoms with van der Waals surface area (Å²) in [4.78, 5) is 0. The molecule has 60 valence electrons. The molecule has 0 N–H and O–H groups in total. The lowest BCUT2D eigenvalue weighted by molar-refractivity contribution is 0.770. The third kappa shape index (κ3) is 2.47. The molecule has 1 rings (SSSR count). The molecule has 0 aliphatic heterocycles. The first-order valence-corrected chi connectivity index (χ1v) is 5.35. The highest BCUT2D eigenvalue weighted by molar-refractivity contribution is 14.1. The second-order valence-electron chi connectivity index (χ2n) is 2.94. The van der Waals surface area contributed by atoms with Gasteiger partial charge in [-0.25, -0.2) is 0 Å². The smallest absolute Gasteiger partial charge is 0.0209 e. The highest BCUT2D eigenvalue weighted by Crippen LogP contribution is 2.23. The number of halogens is 1. The minimum absolute atomic E-state index is 0.593. The zero-order valence-corrected chi connectivity index (χ0v) is 8.97. The van der Waals surface area contributed by atoms with Gasteiger partial charge in [0.15, 0.2) is 0 Å². The molecule has 0 radical (unpaired) electrons. The molecular weight excluding hydrogens is 247 g/mol. The molecule has 0 aromatic rings. The van der Waals surface area contributed by atoms with E-state index in [0.29, 0.717) is 5.92 Å². The Bertz CT molecular complexity index is 211. The molecule has 0 aromatic heterocycles. The van der Waals surface area contributed by atoms with Gasteiger partial charge in [0.2, 0.25) is 0 Å². The number of rotatable bonds is 2. The molecule has 1 heteroatoms. The number of alkyl halides is 1. The van der Waals surface area contributed by atoms with Crippen molar-refractivity contribution in [1.29, 1.82) is 0 Å². The van der Waals surface area contributed by atoms with Crippen LogP contribution in [0.25, 0.3) is 0 Å². The summed E-state index contributed by atoms with van der Waals surface area (Å²) in [5, 5.41) is 0. The fourth-order valence-electron chi connectivity index (χ4n) is 1.13. The van der Waals surface area contributed by atoms with Gasteiger partial charge >= 0.3 is 0 Å². The maximum Gasteiger partial charge on any atom is 0.0209 e. The molecule has 0 nitrogen and oxygen atoms in total. The fourth-order valence-corrected chi connectivity index (χ4v) is 1.69. The van der Waals surface area contributed by atoms with Crippen LogP contribution in [0.4, 0.5) is 0 Å². The van der Waals surface area contributed by atoms with E-state index in [2.05, 4.69) is 54.3 Å². The van der Waals surface area contributed by atoms with Crippen LogP contribution >= 0.6 is 22.6 Å². The first-order valence-electron chi connectivity index (χ1n) is 3.82. The van der Waals surface area contributed by atoms with Gasteiger partial charge in [-0.05, 0) is 13.3 Å². The zero-order valence-electron chi connectivity index (χ0n) is 6.81. The van der Waals surface area contributed by atoms with E-state index in [1.54, 1.807) is 0 Å². The summed E-state index contributed by atoms with van der Waals surface area (Å²) in [5.41, 5.74) is 2.72. The summed E-state index contributed by atoms with van der Waals surface area (Å²) >= 11 is 2.37. The van der Waals surface area contributed by atoms with E-state index in [4.69, 9.17) is 0 Å². The van der Waals surface area contributed by atoms with Crippen LogP contribution in [-0.2, 0) is 0 Å². The van der Waals surface area contributed by atoms with Gasteiger partial charge in [-0.2, -0.15) is 0 Å². The number of hydrogen-bond acceptors (Lipinski definition) is 0. The second-order valence-corrected chi connectivity index (χ2v) is 3.70. The molecule has 0 aromatic carbocycles. The fraction of sp³-hybridized carbons (Fsp3) is 0.400. The van der Waals surface area contributed by atoms with Crippen LogP contribution in [-0.4, -0.2) is 4.43 Å². The molecule has 0 spiro atoms. The molecule has 11 heavy (non-hydrogen) atoms. The third-order valence-corrected chi connectivity index (χ3v) is 2.96. The van der Waals surface area contributed by atoms with Crippen molar-refractivity contribution in [2.75, 3.05) is 4.43 Å². The lowest BCUT2D eigenvalue weighted by Crippen LogP contribution is -2.02. The summed E-state index contributed by atoms with van der Waals surface area (Å²) in [6.07, 6.45) is 7.87. The van der Waals surface area contributed by atoms with E-state index in [9.17, 15) is 0 Å². The molecule has 0 bridgehead atoms. The Kier molecular flexibility index (Phi) is 3.37. The minimum Gasteiger partial charge on any atom is -0.0985 e. The Hall–Kier alpha value is -0.0500. The van der Waals surface area contributed by atoms with E-state index in [-0.39, 0.29) is 0 Å². The Labute approximate surface area is 82.2 Å². The van der Waals surface area contributed by atoms with Crippen molar-refractivity contribution < 1.29 is 0 Å². The maximum atomic E-state index is 4.03. The largest absolute Gasteiger partial charge is 0.0985 e. The summed E-state index contributed by atoms with van der Waals surface area (Å²) in [6, 6.07) is 0. The predicted molar refractivity (Wildman–Crippen MR) is 59.0 cm³/mol. The normalized spacial score (nSPS) is 23.1. The number of allylic oxidation sites excluding steroid dienone is 5. The molecule has 1 aliphatic rings. The van der Waals surface area contributed by atoms with Crippen LogP contribution in [0.1, 0.15) is 13.3 Å². The Morgan fingerprint density at radius 3 is 3.00 bits per heavy atom. The van der Waals surface area contributed by atoms with Gasteiger partial charge in [0.25, 0.3) is 0 Å². The first kappa shape index (κ1) is 9.04. The van der Waals surface area contributed by atoms with Gasteiger partial charge in [0, 0.05) is 10.3 Å². The quantitative estimate of drug-likeness (QED) is 0.405. The van der Waals surface area contributed by atoms with Gasteiger partial charge in [0.1, 0.15) is 0 Å². The van der Waals surface area contributed by atoms with Crippen molar-refractivity contribution in [3.63, 3.8) is 0 Å². The SMILES string of the molecule is C=C(CI)[C@@H]1C=CC(C)=CC1. The summed E-state index contributed by atoms with van der Waals surface area (Å²) in [5.74, 6) is 0.593. The molecule has 0 fully saturated rings. The highest BCUT2D eigenvalue weighted by Gasteiger charge is 2.08. The van der Waals surface area contributed by atoms with Crippen molar-refractivity contribution in [1.82, 2.24) is 0 Å². The molecular formula is C10H13I. The van der Waals surface area contributed by atoms with Crippen molar-refractivity contribution >= 4 is 22.6 Å². The van der Waals surface area contributed by atoms with Crippen LogP contribution in [0.3, 0.4) is 0 Å². The highest BCUT2D eigenvalue weighted by atomic mass is 127. The van der Waals surface area contributed by atoms with Crippen molar-refractivity contribution in [3.05, 3.63) is 36.0 Å². The summed E-state index contributed by atoms with van der Waals surface area (Å²) in [6.45, 7) is 6.17. The van der Waals surface area contributed by atoms with E-state index in [1.807, 2.05) is 0 Å². The lowest BCUT2D eigenvalue weighted by Gasteiger charge is -2.15. The van der Waals surface area contributed by atoms with E-state index in [1.165, 1.54) is 11.1 Å². The zero-order chi connectivity index (χ0) is 8.27. The molecule has 0 saturated carbocycles. The van der Waals surface area contributed by atoms with E-state index < -0.39 is 0 Å². The molecule has 0 heterocycles. The van der Waals surface area contributed by atoms with Gasteiger partial charge < -0.3 is 0 Å². The Morgan fingerprint density at radius 1 is 1.82 bits per heavy atom. The van der Waals surface area contributed by atoms with Crippen LogP contribution in [0.15, 0.2) is 36.0 Å². The van der Waals surface area contributed by atoms with Gasteiger partial charge in [-0.15, -0.1) is 0 Å². The average Bonchev–Trinajstić information content (AvgIpc) is 2.05. The van der Waals surface area contributed by atoms with Crippen molar-refractivity contribution in [2.24, 2.45) is 5.92 Å². The van der Waals surface area contributed by atoms with Crippen LogP contribution in [0.2, 0.25) is 0 Å². The van der Waals surface area contributed by atoms with Crippen LogP contribution in [0.5, 0.6) is 0 Å². The monoisotopic (exact) mass is 260 g/mol. The standard InChI is InChI=1S/C10H13I/c1-8-3-5-10(6-4-8)9(2)7-11/h3-5,10H,2,6-7H2,1H3/t10-/m1/s1. The molecule has 1 aliphatic carbocycles. The van der Waals surface area contributed by atoms with E-state index in [0.717, 1.165) is 10.8 Å². The number of hydrogen-bond donors (Lipinski definition) is 0. The average molecular weight is 260 g/mol. The Morgan fingerprint density at radius 2 is 2.55 bits per heavy atom. The van der Waals surface area contributed by atoms with E-state index >= 15 is 0 Å². The molecule has 0 unspecified atom stereocenters. The first-order chi connectivity index (χ1) is 5.24. The van der Waals surface area contributed by atoms with Gasteiger partial charge in [0.05, 0.1) is 0 Å². The maximum absolute atomic E-state index is 4.03. The Balaban J connectivity index is 2.55. The molecule has 1 atom stereocenters. The minimum atomic E-state index is 0.593. The summed E-state index contributed by atoms with van der Waals surface area (Å²) < 4.78 is 1.07. The van der Waals surface area contributed by atoms with Crippen LogP contribution < -0.4 is 0 Å². The molecule has 0 amide bonds. The van der Waals surface area contributed by atoms with Crippen molar-refractivity contribution in [2.45, 2.75) is 13.3 Å².